The van der Waals surface area contributed by atoms with E-state index in [1.807, 2.05) is 4.68 Å². The van der Waals surface area contributed by atoms with Crippen LogP contribution in [-0.4, -0.2) is 38.9 Å². The van der Waals surface area contributed by atoms with Crippen LogP contribution in [0.4, 0.5) is 0 Å². The number of carbonyl (C=O) groups is 1. The molecule has 0 bridgehead atoms. The first-order chi connectivity index (χ1) is 12.7. The zero-order valence-corrected chi connectivity index (χ0v) is 16.0. The standard InChI is InChI=1S/C19H26N4O2S/c1-20-17(25)10-16-21-19(18-13-7-3-2-6-12(13)11-26-18)23(22-16)14-8-4-5-9-15(14)24/h11,14-15,24H,2-10H2,1H3,(H,20,25)/t14-,15-/m1/s1. The summed E-state index contributed by atoms with van der Waals surface area (Å²) in [4.78, 5) is 17.7. The van der Waals surface area contributed by atoms with Crippen molar-refractivity contribution in [3.63, 3.8) is 0 Å². The molecule has 1 fully saturated rings. The monoisotopic (exact) mass is 374 g/mol. The number of nitrogens with one attached hydrogen (secondary N) is 1. The summed E-state index contributed by atoms with van der Waals surface area (Å²) in [7, 11) is 1.63. The molecule has 6 nitrogen and oxygen atoms in total. The van der Waals surface area contributed by atoms with Crippen LogP contribution in [-0.2, 0) is 24.1 Å². The van der Waals surface area contributed by atoms with Gasteiger partial charge in [-0.25, -0.2) is 9.67 Å². The average molecular weight is 375 g/mol. The van der Waals surface area contributed by atoms with E-state index in [1.54, 1.807) is 18.4 Å². The molecule has 7 heteroatoms. The fourth-order valence-electron chi connectivity index (χ4n) is 4.14. The molecule has 2 aromatic heterocycles. The summed E-state index contributed by atoms with van der Waals surface area (Å²) in [5, 5.41) is 20.1. The lowest BCUT2D eigenvalue weighted by Crippen LogP contribution is -2.29. The molecule has 2 atom stereocenters. The number of amides is 1. The van der Waals surface area contributed by atoms with Gasteiger partial charge in [0.1, 0.15) is 0 Å². The largest absolute Gasteiger partial charge is 0.391 e. The molecule has 1 amide bonds. The van der Waals surface area contributed by atoms with Crippen molar-refractivity contribution in [2.75, 3.05) is 7.05 Å². The van der Waals surface area contributed by atoms with Gasteiger partial charge in [-0.3, -0.25) is 4.79 Å². The molecule has 0 spiro atoms. The van der Waals surface area contributed by atoms with Gasteiger partial charge in [-0.2, -0.15) is 5.10 Å². The van der Waals surface area contributed by atoms with Crippen LogP contribution in [0.3, 0.4) is 0 Å². The van der Waals surface area contributed by atoms with Crippen LogP contribution < -0.4 is 5.32 Å². The van der Waals surface area contributed by atoms with Crippen LogP contribution in [0.25, 0.3) is 10.7 Å². The van der Waals surface area contributed by atoms with E-state index in [0.717, 1.165) is 44.3 Å². The van der Waals surface area contributed by atoms with Crippen LogP contribution in [0.1, 0.15) is 61.5 Å². The Morgan fingerprint density at radius 3 is 2.92 bits per heavy atom. The summed E-state index contributed by atoms with van der Waals surface area (Å²) >= 11 is 1.73. The summed E-state index contributed by atoms with van der Waals surface area (Å²) in [5.41, 5.74) is 2.83. The zero-order valence-electron chi connectivity index (χ0n) is 15.2. The molecule has 0 saturated heterocycles. The number of fused-ring (bicyclic) bond motifs is 1. The number of nitrogens with zero attached hydrogens (tertiary/aromatic N) is 3. The number of aromatic nitrogens is 3. The highest BCUT2D eigenvalue weighted by Gasteiger charge is 2.30. The maximum Gasteiger partial charge on any atom is 0.227 e. The molecular weight excluding hydrogens is 348 g/mol. The Hall–Kier alpha value is -1.73. The first kappa shape index (κ1) is 17.7. The highest BCUT2D eigenvalue weighted by Crippen LogP contribution is 2.39. The number of hydrogen-bond donors (Lipinski definition) is 2. The Labute approximate surface area is 157 Å². The topological polar surface area (TPSA) is 80.0 Å². The Morgan fingerprint density at radius 2 is 2.12 bits per heavy atom. The number of hydrogen-bond acceptors (Lipinski definition) is 5. The fraction of sp³-hybridized carbons (Fsp3) is 0.632. The number of likely N-dealkylation sites (N-methyl/N-ethyl adjacent to an activating group) is 1. The highest BCUT2D eigenvalue weighted by atomic mass is 32.1. The van der Waals surface area contributed by atoms with Gasteiger partial charge in [0.05, 0.1) is 23.4 Å². The lowest BCUT2D eigenvalue weighted by Gasteiger charge is -2.28. The molecule has 2 N–H and O–H groups in total. The van der Waals surface area contributed by atoms with Gasteiger partial charge >= 0.3 is 0 Å². The molecule has 0 aliphatic heterocycles. The summed E-state index contributed by atoms with van der Waals surface area (Å²) in [6.07, 6.45) is 8.31. The van der Waals surface area contributed by atoms with E-state index in [2.05, 4.69) is 15.8 Å². The van der Waals surface area contributed by atoms with Crippen LogP contribution in [0.5, 0.6) is 0 Å². The van der Waals surface area contributed by atoms with Crippen molar-refractivity contribution in [3.05, 3.63) is 22.3 Å². The summed E-state index contributed by atoms with van der Waals surface area (Å²) < 4.78 is 1.92. The molecule has 0 unspecified atom stereocenters. The third-order valence-corrected chi connectivity index (χ3v) is 6.65. The molecular formula is C19H26N4O2S. The van der Waals surface area contributed by atoms with Crippen LogP contribution in [0, 0.1) is 0 Å². The predicted octanol–water partition coefficient (Wildman–Crippen LogP) is 2.65. The van der Waals surface area contributed by atoms with Crippen LogP contribution >= 0.6 is 11.3 Å². The van der Waals surface area contributed by atoms with E-state index < -0.39 is 6.10 Å². The third kappa shape index (κ3) is 3.30. The van der Waals surface area contributed by atoms with Gasteiger partial charge in [0.2, 0.25) is 5.91 Å². The number of carbonyl (C=O) groups excluding carboxylic acids is 1. The third-order valence-electron chi connectivity index (χ3n) is 5.59. The van der Waals surface area contributed by atoms with Gasteiger partial charge in [0.25, 0.3) is 0 Å². The first-order valence-corrected chi connectivity index (χ1v) is 10.5. The highest BCUT2D eigenvalue weighted by molar-refractivity contribution is 7.13. The second-order valence-corrected chi connectivity index (χ2v) is 8.22. The van der Waals surface area contributed by atoms with Crippen molar-refractivity contribution in [2.24, 2.45) is 0 Å². The normalized spacial score (nSPS) is 22.8. The Balaban J connectivity index is 1.76. The fourth-order valence-corrected chi connectivity index (χ4v) is 5.28. The number of rotatable bonds is 4. The van der Waals surface area contributed by atoms with E-state index >= 15 is 0 Å². The minimum atomic E-state index is -0.396. The Morgan fingerprint density at radius 1 is 1.31 bits per heavy atom. The summed E-state index contributed by atoms with van der Waals surface area (Å²) in [6.45, 7) is 0. The van der Waals surface area contributed by atoms with E-state index in [1.165, 1.54) is 28.8 Å². The minimum absolute atomic E-state index is 0.0500. The number of aliphatic hydroxyl groups is 1. The van der Waals surface area contributed by atoms with Crippen LogP contribution in [0.2, 0.25) is 0 Å². The summed E-state index contributed by atoms with van der Waals surface area (Å²) in [6, 6.07) is -0.0500. The van der Waals surface area contributed by atoms with Crippen molar-refractivity contribution >= 4 is 17.2 Å². The van der Waals surface area contributed by atoms with Crippen molar-refractivity contribution in [3.8, 4) is 10.7 Å². The molecule has 2 aliphatic carbocycles. The second-order valence-electron chi connectivity index (χ2n) is 7.34. The van der Waals surface area contributed by atoms with Crippen molar-refractivity contribution in [1.82, 2.24) is 20.1 Å². The number of thiophene rings is 1. The molecule has 4 rings (SSSR count). The maximum atomic E-state index is 11.8. The van der Waals surface area contributed by atoms with Crippen molar-refractivity contribution in [1.29, 1.82) is 0 Å². The summed E-state index contributed by atoms with van der Waals surface area (Å²) in [5.74, 6) is 1.28. The molecule has 2 aromatic rings. The van der Waals surface area contributed by atoms with E-state index in [-0.39, 0.29) is 18.4 Å². The maximum absolute atomic E-state index is 11.8. The zero-order chi connectivity index (χ0) is 18.1. The van der Waals surface area contributed by atoms with E-state index in [0.29, 0.717) is 5.82 Å². The molecule has 26 heavy (non-hydrogen) atoms. The van der Waals surface area contributed by atoms with Gasteiger partial charge in [0.15, 0.2) is 11.6 Å². The lowest BCUT2D eigenvalue weighted by molar-refractivity contribution is -0.120. The first-order valence-electron chi connectivity index (χ1n) is 9.61. The SMILES string of the molecule is CNC(=O)Cc1nc(-c2scc3c2CCCC3)n([C@@H]2CCCC[C@H]2O)n1. The van der Waals surface area contributed by atoms with Gasteiger partial charge in [-0.1, -0.05) is 12.8 Å². The average Bonchev–Trinajstić information content (AvgIpc) is 3.25. The molecule has 2 heterocycles. The van der Waals surface area contributed by atoms with Crippen molar-refractivity contribution in [2.45, 2.75) is 69.9 Å². The van der Waals surface area contributed by atoms with Crippen LogP contribution in [0.15, 0.2) is 5.38 Å². The van der Waals surface area contributed by atoms with Gasteiger partial charge in [-0.15, -0.1) is 11.3 Å². The number of aliphatic hydroxyl groups excluding tert-OH is 1. The second kappa shape index (κ2) is 7.48. The predicted molar refractivity (Wildman–Crippen MR) is 101 cm³/mol. The van der Waals surface area contributed by atoms with E-state index in [4.69, 9.17) is 4.98 Å². The van der Waals surface area contributed by atoms with Gasteiger partial charge in [-0.05, 0) is 55.0 Å². The number of aryl methyl sites for hydroxylation is 1. The van der Waals surface area contributed by atoms with Crippen molar-refractivity contribution < 1.29 is 9.90 Å². The molecule has 140 valence electrons. The van der Waals surface area contributed by atoms with Gasteiger partial charge < -0.3 is 10.4 Å². The quantitative estimate of drug-likeness (QED) is 0.862. The smallest absolute Gasteiger partial charge is 0.227 e. The molecule has 1 saturated carbocycles. The Kier molecular flexibility index (Phi) is 5.09. The molecule has 0 radical (unpaired) electrons. The van der Waals surface area contributed by atoms with Gasteiger partial charge in [0, 0.05) is 7.05 Å². The minimum Gasteiger partial charge on any atom is -0.391 e. The molecule has 0 aromatic carbocycles. The van der Waals surface area contributed by atoms with E-state index in [9.17, 15) is 9.90 Å². The molecule has 2 aliphatic rings. The lowest BCUT2D eigenvalue weighted by atomic mass is 9.92. The Bertz CT molecular complexity index is 798.